The zero-order valence-corrected chi connectivity index (χ0v) is 15.7. The van der Waals surface area contributed by atoms with Crippen LogP contribution in [0.4, 0.5) is 5.82 Å². The molecule has 0 aliphatic carbocycles. The molecule has 0 saturated carbocycles. The number of rotatable bonds is 3. The first-order valence-corrected chi connectivity index (χ1v) is 8.82. The number of pyridine rings is 1. The van der Waals surface area contributed by atoms with Crippen molar-refractivity contribution in [3.63, 3.8) is 0 Å². The van der Waals surface area contributed by atoms with Crippen LogP contribution >= 0.6 is 15.9 Å². The van der Waals surface area contributed by atoms with E-state index in [9.17, 15) is 5.11 Å². The fourth-order valence-corrected chi connectivity index (χ4v) is 3.26. The Balaban J connectivity index is 1.71. The zero-order chi connectivity index (χ0) is 17.3. The van der Waals surface area contributed by atoms with E-state index in [0.717, 1.165) is 29.8 Å². The molecule has 0 radical (unpaired) electrons. The van der Waals surface area contributed by atoms with Gasteiger partial charge in [0.15, 0.2) is 5.82 Å². The average molecular weight is 392 g/mol. The number of halogens is 1. The molecule has 1 atom stereocenters. The van der Waals surface area contributed by atoms with Crippen LogP contribution in [0.25, 0.3) is 11.4 Å². The van der Waals surface area contributed by atoms with Gasteiger partial charge in [0.05, 0.1) is 0 Å². The summed E-state index contributed by atoms with van der Waals surface area (Å²) in [6.07, 6.45) is 2.73. The lowest BCUT2D eigenvalue weighted by Gasteiger charge is -2.26. The maximum Gasteiger partial charge on any atom is 0.151 e. The van der Waals surface area contributed by atoms with Gasteiger partial charge in [0.1, 0.15) is 17.1 Å². The summed E-state index contributed by atoms with van der Waals surface area (Å²) in [5, 5.41) is 22.2. The molecule has 24 heavy (non-hydrogen) atoms. The average Bonchev–Trinajstić information content (AvgIpc) is 2.94. The Labute approximate surface area is 150 Å². The molecule has 1 fully saturated rings. The quantitative estimate of drug-likeness (QED) is 0.837. The highest BCUT2D eigenvalue weighted by atomic mass is 79.9. The van der Waals surface area contributed by atoms with E-state index in [1.807, 2.05) is 12.1 Å². The molecule has 128 valence electrons. The Morgan fingerprint density at radius 3 is 2.71 bits per heavy atom. The largest absolute Gasteiger partial charge is 0.506 e. The molecule has 0 spiro atoms. The lowest BCUT2D eigenvalue weighted by atomic mass is 10.1. The van der Waals surface area contributed by atoms with E-state index in [4.69, 9.17) is 0 Å². The molecule has 2 aromatic heterocycles. The second-order valence-electron chi connectivity index (χ2n) is 7.12. The van der Waals surface area contributed by atoms with Crippen molar-refractivity contribution in [3.8, 4) is 17.1 Å². The monoisotopic (exact) mass is 391 g/mol. The van der Waals surface area contributed by atoms with Crippen molar-refractivity contribution in [3.05, 3.63) is 28.9 Å². The molecule has 0 aromatic carbocycles. The minimum atomic E-state index is 0.0852. The lowest BCUT2D eigenvalue weighted by molar-refractivity contribution is 0.373. The summed E-state index contributed by atoms with van der Waals surface area (Å²) in [7, 11) is 0. The second-order valence-corrected chi connectivity index (χ2v) is 8.04. The molecule has 0 amide bonds. The molecule has 1 aliphatic rings. The number of aromatic hydroxyl groups is 1. The van der Waals surface area contributed by atoms with E-state index in [2.05, 4.69) is 62.1 Å². The molecule has 1 aliphatic heterocycles. The number of anilines is 1. The van der Waals surface area contributed by atoms with Gasteiger partial charge in [-0.25, -0.2) is 4.98 Å². The van der Waals surface area contributed by atoms with Gasteiger partial charge in [0.2, 0.25) is 0 Å². The summed E-state index contributed by atoms with van der Waals surface area (Å²) in [6.45, 7) is 8.43. The van der Waals surface area contributed by atoms with Crippen LogP contribution in [0.3, 0.4) is 0 Å². The summed E-state index contributed by atoms with van der Waals surface area (Å²) in [6, 6.07) is 5.85. The maximum absolute atomic E-state index is 9.99. The van der Waals surface area contributed by atoms with Crippen LogP contribution in [0.15, 0.2) is 28.9 Å². The molecule has 7 heteroatoms. The first-order valence-electron chi connectivity index (χ1n) is 8.03. The zero-order valence-electron chi connectivity index (χ0n) is 14.1. The number of hydrogen-bond acceptors (Lipinski definition) is 6. The minimum absolute atomic E-state index is 0.0852. The van der Waals surface area contributed by atoms with Crippen LogP contribution in [-0.2, 0) is 0 Å². The van der Waals surface area contributed by atoms with Gasteiger partial charge in [-0.1, -0.05) is 0 Å². The lowest BCUT2D eigenvalue weighted by Crippen LogP contribution is -2.45. The van der Waals surface area contributed by atoms with E-state index in [1.165, 1.54) is 0 Å². The first kappa shape index (κ1) is 17.1. The van der Waals surface area contributed by atoms with Crippen molar-refractivity contribution < 1.29 is 5.11 Å². The molecule has 1 saturated heterocycles. The van der Waals surface area contributed by atoms with E-state index in [0.29, 0.717) is 17.4 Å². The SMILES string of the molecule is CC(C)(C)N[C@@H]1CCN(c2ccc(-c3ncc(Br)cc3O)nn2)C1. The number of nitrogens with zero attached hydrogens (tertiary/aromatic N) is 4. The summed E-state index contributed by atoms with van der Waals surface area (Å²) in [5.41, 5.74) is 1.11. The van der Waals surface area contributed by atoms with Crippen molar-refractivity contribution >= 4 is 21.7 Å². The minimum Gasteiger partial charge on any atom is -0.506 e. The highest BCUT2D eigenvalue weighted by molar-refractivity contribution is 9.10. The topological polar surface area (TPSA) is 74.2 Å². The van der Waals surface area contributed by atoms with Gasteiger partial charge in [0.25, 0.3) is 0 Å². The summed E-state index contributed by atoms with van der Waals surface area (Å²) in [4.78, 5) is 6.44. The molecule has 2 N–H and O–H groups in total. The van der Waals surface area contributed by atoms with E-state index in [1.54, 1.807) is 12.3 Å². The third kappa shape index (κ3) is 4.02. The predicted octanol–water partition coefficient (Wildman–Crippen LogP) is 2.97. The fraction of sp³-hybridized carbons (Fsp3) is 0.471. The molecule has 0 unspecified atom stereocenters. The maximum atomic E-state index is 9.99. The van der Waals surface area contributed by atoms with Gasteiger partial charge >= 0.3 is 0 Å². The Morgan fingerprint density at radius 1 is 1.29 bits per heavy atom. The standard InChI is InChI=1S/C17H22BrN5O/c1-17(2,3)20-12-6-7-23(10-12)15-5-4-13(21-22-15)16-14(24)8-11(18)9-19-16/h4-5,8-9,12,20,24H,6-7,10H2,1-3H3/t12-/m1/s1. The number of nitrogens with one attached hydrogen (secondary N) is 1. The van der Waals surface area contributed by atoms with E-state index in [-0.39, 0.29) is 11.3 Å². The fourth-order valence-electron chi connectivity index (χ4n) is 2.94. The van der Waals surface area contributed by atoms with Crippen LogP contribution in [0.2, 0.25) is 0 Å². The Hall–Kier alpha value is -1.73. The summed E-state index contributed by atoms with van der Waals surface area (Å²) < 4.78 is 0.725. The third-order valence-electron chi connectivity index (χ3n) is 3.88. The van der Waals surface area contributed by atoms with Crippen LogP contribution in [0.5, 0.6) is 5.75 Å². The number of hydrogen-bond donors (Lipinski definition) is 2. The summed E-state index contributed by atoms with van der Waals surface area (Å²) >= 11 is 3.28. The van der Waals surface area contributed by atoms with E-state index < -0.39 is 0 Å². The smallest absolute Gasteiger partial charge is 0.151 e. The molecule has 2 aromatic rings. The van der Waals surface area contributed by atoms with Gasteiger partial charge in [-0.15, -0.1) is 10.2 Å². The third-order valence-corrected chi connectivity index (χ3v) is 4.31. The molecule has 3 heterocycles. The Bertz CT molecular complexity index is 714. The highest BCUT2D eigenvalue weighted by Gasteiger charge is 2.26. The van der Waals surface area contributed by atoms with Crippen LogP contribution in [0, 0.1) is 0 Å². The highest BCUT2D eigenvalue weighted by Crippen LogP contribution is 2.28. The van der Waals surface area contributed by atoms with Crippen molar-refractivity contribution in [1.29, 1.82) is 0 Å². The Morgan fingerprint density at radius 2 is 2.08 bits per heavy atom. The normalized spacial score (nSPS) is 18.2. The van der Waals surface area contributed by atoms with Gasteiger partial charge < -0.3 is 15.3 Å². The predicted molar refractivity (Wildman–Crippen MR) is 98.1 cm³/mol. The molecule has 3 rings (SSSR count). The number of aromatic nitrogens is 3. The molecular formula is C17H22BrN5O. The van der Waals surface area contributed by atoms with Crippen molar-refractivity contribution in [2.24, 2.45) is 0 Å². The molecular weight excluding hydrogens is 370 g/mol. The molecule has 6 nitrogen and oxygen atoms in total. The van der Waals surface area contributed by atoms with Gasteiger partial charge in [0, 0.05) is 35.3 Å². The van der Waals surface area contributed by atoms with Crippen LogP contribution in [0.1, 0.15) is 27.2 Å². The van der Waals surface area contributed by atoms with Gasteiger partial charge in [-0.2, -0.15) is 0 Å². The van der Waals surface area contributed by atoms with Gasteiger partial charge in [-0.3, -0.25) is 0 Å². The van der Waals surface area contributed by atoms with Crippen molar-refractivity contribution in [2.75, 3.05) is 18.0 Å². The van der Waals surface area contributed by atoms with E-state index >= 15 is 0 Å². The van der Waals surface area contributed by atoms with Crippen LogP contribution < -0.4 is 10.2 Å². The molecule has 0 bridgehead atoms. The Kier molecular flexibility index (Phi) is 4.73. The second kappa shape index (κ2) is 6.64. The van der Waals surface area contributed by atoms with Crippen molar-refractivity contribution in [2.45, 2.75) is 38.8 Å². The van der Waals surface area contributed by atoms with Crippen molar-refractivity contribution in [1.82, 2.24) is 20.5 Å². The summed E-state index contributed by atoms with van der Waals surface area (Å²) in [5.74, 6) is 0.940. The van der Waals surface area contributed by atoms with Gasteiger partial charge in [-0.05, 0) is 61.3 Å². The van der Waals surface area contributed by atoms with Crippen LogP contribution in [-0.4, -0.2) is 45.0 Å². The first-order chi connectivity index (χ1) is 11.3.